The van der Waals surface area contributed by atoms with E-state index in [2.05, 4.69) is 20.0 Å². The predicted molar refractivity (Wildman–Crippen MR) is 108 cm³/mol. The maximum atomic E-state index is 12.3. The Kier molecular flexibility index (Phi) is 9.96. The number of nitrogens with two attached hydrogens (primary N) is 1. The molecular formula is C20H27N3O8. The number of nitrogens with one attached hydrogen (secondary N) is 1. The summed E-state index contributed by atoms with van der Waals surface area (Å²) in [7, 11) is 0. The molecule has 1 amide bonds. The third-order valence-corrected chi connectivity index (χ3v) is 3.31. The smallest absolute Gasteiger partial charge is 0.408 e. The normalized spacial score (nSPS) is 12.3. The highest BCUT2D eigenvalue weighted by Gasteiger charge is 2.29. The van der Waals surface area contributed by atoms with Gasteiger partial charge in [0.15, 0.2) is 0 Å². The molecule has 0 aliphatic carbocycles. The van der Waals surface area contributed by atoms with Gasteiger partial charge in [-0.05, 0) is 33.3 Å². The summed E-state index contributed by atoms with van der Waals surface area (Å²) < 4.78 is 14.8. The van der Waals surface area contributed by atoms with Gasteiger partial charge in [-0.1, -0.05) is 35.5 Å². The summed E-state index contributed by atoms with van der Waals surface area (Å²) in [6.45, 7) is 6.44. The molecule has 0 saturated heterocycles. The maximum Gasteiger partial charge on any atom is 0.408 e. The van der Waals surface area contributed by atoms with E-state index >= 15 is 0 Å². The van der Waals surface area contributed by atoms with E-state index in [0.29, 0.717) is 0 Å². The average molecular weight is 437 g/mol. The summed E-state index contributed by atoms with van der Waals surface area (Å²) in [5.74, 6) is -3.65. The molecule has 0 aromatic heterocycles. The minimum Gasteiger partial charge on any atom is -0.461 e. The Bertz CT molecular complexity index is 802. The standard InChI is InChI=1S/C20H27N3O8/c1-5-28-18(26)16(21)23-31-17(25)14(22-19(27)30-20(2,3)4)11-15(24)29-12-13-9-7-6-8-10-13/h6-10,14H,5,11-12H2,1-4H3,(H2,21,23)(H,22,27)/t14-/m0/s1. The van der Waals surface area contributed by atoms with Gasteiger partial charge in [0.1, 0.15) is 18.2 Å². The lowest BCUT2D eigenvalue weighted by Gasteiger charge is -2.22. The van der Waals surface area contributed by atoms with Crippen LogP contribution in [0.15, 0.2) is 35.5 Å². The predicted octanol–water partition coefficient (Wildman–Crippen LogP) is 1.39. The van der Waals surface area contributed by atoms with Crippen molar-refractivity contribution in [3.8, 4) is 0 Å². The fourth-order valence-electron chi connectivity index (χ4n) is 2.01. The summed E-state index contributed by atoms with van der Waals surface area (Å²) >= 11 is 0. The number of oxime groups is 1. The minimum atomic E-state index is -1.50. The number of carbonyl (C=O) groups is 4. The van der Waals surface area contributed by atoms with Crippen molar-refractivity contribution in [1.82, 2.24) is 5.32 Å². The van der Waals surface area contributed by atoms with E-state index in [1.54, 1.807) is 52.0 Å². The molecule has 11 nitrogen and oxygen atoms in total. The highest BCUT2D eigenvalue weighted by Crippen LogP contribution is 2.09. The van der Waals surface area contributed by atoms with Crippen molar-refractivity contribution >= 4 is 29.8 Å². The molecule has 170 valence electrons. The second-order valence-electron chi connectivity index (χ2n) is 7.16. The van der Waals surface area contributed by atoms with E-state index in [1.165, 1.54) is 0 Å². The Morgan fingerprint density at radius 2 is 1.74 bits per heavy atom. The zero-order valence-electron chi connectivity index (χ0n) is 17.9. The van der Waals surface area contributed by atoms with Crippen LogP contribution in [0.2, 0.25) is 0 Å². The molecule has 1 rings (SSSR count). The summed E-state index contributed by atoms with van der Waals surface area (Å²) in [6, 6.07) is 7.37. The van der Waals surface area contributed by atoms with E-state index in [4.69, 9.17) is 15.2 Å². The van der Waals surface area contributed by atoms with Gasteiger partial charge in [-0.25, -0.2) is 14.4 Å². The van der Waals surface area contributed by atoms with Crippen LogP contribution < -0.4 is 11.1 Å². The summed E-state index contributed by atoms with van der Waals surface area (Å²) in [5, 5.41) is 5.39. The Morgan fingerprint density at radius 3 is 2.32 bits per heavy atom. The first-order valence-electron chi connectivity index (χ1n) is 9.42. The third kappa shape index (κ3) is 10.6. The molecule has 1 atom stereocenters. The van der Waals surface area contributed by atoms with Crippen LogP contribution in [-0.4, -0.2) is 48.1 Å². The first-order valence-corrected chi connectivity index (χ1v) is 9.42. The first kappa shape index (κ1) is 25.4. The zero-order chi connectivity index (χ0) is 23.4. The van der Waals surface area contributed by atoms with Gasteiger partial charge in [-0.2, -0.15) is 0 Å². The van der Waals surface area contributed by atoms with Crippen molar-refractivity contribution in [2.45, 2.75) is 52.4 Å². The van der Waals surface area contributed by atoms with Gasteiger partial charge < -0.3 is 30.1 Å². The number of hydrogen-bond donors (Lipinski definition) is 2. The third-order valence-electron chi connectivity index (χ3n) is 3.31. The van der Waals surface area contributed by atoms with Gasteiger partial charge in [-0.15, -0.1) is 0 Å². The lowest BCUT2D eigenvalue weighted by atomic mass is 10.2. The minimum absolute atomic E-state index is 0.0260. The van der Waals surface area contributed by atoms with Crippen LogP contribution in [0.1, 0.15) is 39.7 Å². The number of rotatable bonds is 8. The molecule has 0 saturated carbocycles. The van der Waals surface area contributed by atoms with Crippen molar-refractivity contribution in [2.24, 2.45) is 10.9 Å². The number of carbonyl (C=O) groups excluding carboxylic acids is 4. The van der Waals surface area contributed by atoms with Crippen molar-refractivity contribution in [2.75, 3.05) is 6.61 Å². The van der Waals surface area contributed by atoms with Gasteiger partial charge in [0.25, 0.3) is 0 Å². The van der Waals surface area contributed by atoms with Crippen LogP contribution >= 0.6 is 0 Å². The molecule has 1 aromatic rings. The first-order chi connectivity index (χ1) is 14.5. The lowest BCUT2D eigenvalue weighted by molar-refractivity contribution is -0.153. The average Bonchev–Trinajstić information content (AvgIpc) is 2.69. The molecule has 0 fully saturated rings. The maximum absolute atomic E-state index is 12.3. The Balaban J connectivity index is 2.80. The number of amides is 1. The molecule has 1 aromatic carbocycles. The monoisotopic (exact) mass is 437 g/mol. The number of alkyl carbamates (subject to hydrolysis) is 1. The quantitative estimate of drug-likeness (QED) is 0.153. The van der Waals surface area contributed by atoms with E-state index < -0.39 is 47.9 Å². The SMILES string of the molecule is CCOC(=O)/C(N)=N/OC(=O)[C@H](CC(=O)OCc1ccccc1)NC(=O)OC(C)(C)C. The van der Waals surface area contributed by atoms with Gasteiger partial charge in [0.2, 0.25) is 5.84 Å². The molecule has 0 unspecified atom stereocenters. The fourth-order valence-corrected chi connectivity index (χ4v) is 2.01. The number of esters is 2. The highest BCUT2D eigenvalue weighted by molar-refractivity contribution is 6.34. The molecule has 0 radical (unpaired) electrons. The molecule has 11 heteroatoms. The summed E-state index contributed by atoms with van der Waals surface area (Å²) in [4.78, 5) is 52.5. The molecule has 3 N–H and O–H groups in total. The summed E-state index contributed by atoms with van der Waals surface area (Å²) in [6.07, 6.45) is -1.53. The second-order valence-corrected chi connectivity index (χ2v) is 7.16. The Hall–Kier alpha value is -3.63. The van der Waals surface area contributed by atoms with Gasteiger partial charge >= 0.3 is 24.0 Å². The van der Waals surface area contributed by atoms with E-state index in [9.17, 15) is 19.2 Å². The largest absolute Gasteiger partial charge is 0.461 e. The van der Waals surface area contributed by atoms with Crippen molar-refractivity contribution in [3.63, 3.8) is 0 Å². The molecule has 0 aliphatic rings. The van der Waals surface area contributed by atoms with Crippen LogP contribution in [0, 0.1) is 0 Å². The molecule has 0 spiro atoms. The molecule has 0 bridgehead atoms. The van der Waals surface area contributed by atoms with Gasteiger partial charge in [0, 0.05) is 0 Å². The van der Waals surface area contributed by atoms with Crippen LogP contribution in [-0.2, 0) is 40.0 Å². The zero-order valence-corrected chi connectivity index (χ0v) is 17.9. The van der Waals surface area contributed by atoms with Crippen LogP contribution in [0.3, 0.4) is 0 Å². The Labute approximate surface area is 179 Å². The number of ether oxygens (including phenoxy) is 3. The number of benzene rings is 1. The van der Waals surface area contributed by atoms with Gasteiger partial charge in [-0.3, -0.25) is 4.79 Å². The lowest BCUT2D eigenvalue weighted by Crippen LogP contribution is -2.45. The molecular weight excluding hydrogens is 410 g/mol. The fraction of sp³-hybridized carbons (Fsp3) is 0.450. The molecule has 0 heterocycles. The van der Waals surface area contributed by atoms with Crippen LogP contribution in [0.25, 0.3) is 0 Å². The van der Waals surface area contributed by atoms with E-state index in [-0.39, 0.29) is 13.2 Å². The van der Waals surface area contributed by atoms with Crippen molar-refractivity contribution < 1.29 is 38.2 Å². The number of amidine groups is 1. The second kappa shape index (κ2) is 12.2. The summed E-state index contributed by atoms with van der Waals surface area (Å²) in [5.41, 5.74) is 5.23. The van der Waals surface area contributed by atoms with Crippen LogP contribution in [0.5, 0.6) is 0 Å². The molecule has 31 heavy (non-hydrogen) atoms. The number of nitrogens with zero attached hydrogens (tertiary/aromatic N) is 1. The van der Waals surface area contributed by atoms with Crippen LogP contribution in [0.4, 0.5) is 4.79 Å². The van der Waals surface area contributed by atoms with E-state index in [1.807, 2.05) is 6.07 Å². The van der Waals surface area contributed by atoms with Gasteiger partial charge in [0.05, 0.1) is 13.0 Å². The topological polar surface area (TPSA) is 156 Å². The van der Waals surface area contributed by atoms with Crippen molar-refractivity contribution in [1.29, 1.82) is 0 Å². The van der Waals surface area contributed by atoms with E-state index in [0.717, 1.165) is 5.56 Å². The Morgan fingerprint density at radius 1 is 1.10 bits per heavy atom. The van der Waals surface area contributed by atoms with Crippen molar-refractivity contribution in [3.05, 3.63) is 35.9 Å². The number of hydrogen-bond acceptors (Lipinski definition) is 9. The highest BCUT2D eigenvalue weighted by atomic mass is 16.7. The molecule has 0 aliphatic heterocycles.